The predicted molar refractivity (Wildman–Crippen MR) is 339 cm³/mol. The van der Waals surface area contributed by atoms with E-state index in [1.54, 1.807) is 0 Å². The fourth-order valence-electron chi connectivity index (χ4n) is 16.0. The number of hydrogen-bond acceptors (Lipinski definition) is 7. The van der Waals surface area contributed by atoms with E-state index in [9.17, 15) is 35.4 Å². The lowest BCUT2D eigenvalue weighted by atomic mass is 9.55. The minimum atomic E-state index is -1.80. The molecule has 81 heavy (non-hydrogen) atoms. The van der Waals surface area contributed by atoms with E-state index in [1.165, 1.54) is 22.3 Å². The quantitative estimate of drug-likeness (QED) is 0.0671. The van der Waals surface area contributed by atoms with E-state index in [1.807, 2.05) is 6.92 Å². The first-order chi connectivity index (χ1) is 44.4. The van der Waals surface area contributed by atoms with Gasteiger partial charge >= 0.3 is 0 Å². The molecule has 12 unspecified atom stereocenters. The third-order valence-corrected chi connectivity index (χ3v) is 21.0. The van der Waals surface area contributed by atoms with E-state index >= 15 is 0 Å². The molecule has 12 atom stereocenters. The highest BCUT2D eigenvalue weighted by Gasteiger charge is 2.56. The van der Waals surface area contributed by atoms with Gasteiger partial charge in [-0.3, -0.25) is 4.79 Å². The maximum atomic E-state index is 12.6. The summed E-state index contributed by atoms with van der Waals surface area (Å²) in [6, 6.07) is 16.2. The number of rotatable bonds is 0. The van der Waals surface area contributed by atoms with Crippen LogP contribution in [0.25, 0.3) is 0 Å². The third kappa shape index (κ3) is 11.6. The van der Waals surface area contributed by atoms with Gasteiger partial charge in [-0.15, -0.1) is 0 Å². The Morgan fingerprint density at radius 3 is 1.25 bits per heavy atom. The molecule has 0 spiro atoms. The molecule has 9 heteroatoms. The minimum Gasteiger partial charge on any atom is -0.504 e. The van der Waals surface area contributed by atoms with Crippen LogP contribution in [-0.4, -0.2) is 38.7 Å². The average Bonchev–Trinajstić information content (AvgIpc) is 1.68. The van der Waals surface area contributed by atoms with Crippen molar-refractivity contribution in [3.8, 4) is 34.5 Å². The highest BCUT2D eigenvalue weighted by Crippen LogP contribution is 2.65. The molecule has 14 rings (SSSR count). The van der Waals surface area contributed by atoms with Gasteiger partial charge in [0.2, 0.25) is 0 Å². The maximum absolute atomic E-state index is 12.6. The number of carbonyl (C=O) groups excluding carboxylic acids is 1. The number of allylic oxidation sites excluding steroid dienone is 2. The van der Waals surface area contributed by atoms with Gasteiger partial charge in [0.25, 0.3) is 0 Å². The highest BCUT2D eigenvalue weighted by molar-refractivity contribution is 7.59. The zero-order valence-corrected chi connectivity index (χ0v) is 50.1. The van der Waals surface area contributed by atoms with E-state index in [-0.39, 0.29) is 124 Å². The number of aromatic hydroxyl groups is 6. The average molecular weight is 1150 g/mol. The molecule has 9 aliphatic carbocycles. The molecule has 6 fully saturated rings. The first kappa shape index (κ1) is 45.2. The summed E-state index contributed by atoms with van der Waals surface area (Å²) in [6.07, 6.45) is 5.04. The number of aryl methyl sites for hydroxylation is 4. The van der Waals surface area contributed by atoms with Gasteiger partial charge < -0.3 is 30.6 Å². The van der Waals surface area contributed by atoms with Crippen LogP contribution in [0.5, 0.6) is 34.5 Å². The lowest BCUT2D eigenvalue weighted by molar-refractivity contribution is -0.129. The van der Waals surface area contributed by atoms with Crippen molar-refractivity contribution >= 4 is 32.6 Å². The second-order valence-corrected chi connectivity index (χ2v) is 25.4. The molecule has 7 nitrogen and oxygen atoms in total. The molecule has 0 heterocycles. The summed E-state index contributed by atoms with van der Waals surface area (Å²) in [5.74, 6) is -2.01. The number of phenolic OH excluding ortho intramolecular Hbond substituents is 6. The number of benzene rings is 5. The van der Waals surface area contributed by atoms with Crippen molar-refractivity contribution in [3.05, 3.63) is 165 Å². The van der Waals surface area contributed by atoms with E-state index < -0.39 is 47.5 Å². The summed E-state index contributed by atoms with van der Waals surface area (Å²) in [4.78, 5) is 12.6. The van der Waals surface area contributed by atoms with Gasteiger partial charge in [-0.2, -0.15) is 26.8 Å². The summed E-state index contributed by atoms with van der Waals surface area (Å²) in [5, 5.41) is 60.3. The van der Waals surface area contributed by atoms with Crippen LogP contribution < -0.4 is 0 Å². The van der Waals surface area contributed by atoms with Crippen LogP contribution in [0.4, 0.5) is 0 Å². The van der Waals surface area contributed by atoms with Crippen molar-refractivity contribution in [2.45, 2.75) is 182 Å². The molecule has 0 radical (unpaired) electrons. The van der Waals surface area contributed by atoms with Gasteiger partial charge in [0.1, 0.15) is 5.78 Å². The second-order valence-electron chi connectivity index (χ2n) is 25.4. The van der Waals surface area contributed by atoms with Gasteiger partial charge in [0.15, 0.2) is 34.5 Å². The van der Waals surface area contributed by atoms with E-state index in [2.05, 4.69) is 130 Å². The predicted octanol–water partition coefficient (Wildman–Crippen LogP) is 17.4. The molecule has 5 aromatic rings. The lowest BCUT2D eigenvalue weighted by Gasteiger charge is -2.49. The summed E-state index contributed by atoms with van der Waals surface area (Å²) in [6.45, 7) is 22.7. The number of hydrogen-bond donors (Lipinski definition) is 6. The number of carbonyl (C=O) groups is 1. The fourth-order valence-corrected chi connectivity index (χ4v) is 16.0. The molecule has 0 amide bonds. The Balaban J connectivity index is 0.000000159. The highest BCUT2D eigenvalue weighted by atomic mass is 32.1. The summed E-state index contributed by atoms with van der Waals surface area (Å²) >= 11 is 5.56. The molecule has 9 aliphatic rings. The van der Waals surface area contributed by atoms with Crippen molar-refractivity contribution in [1.82, 2.24) is 0 Å². The zero-order valence-electron chi connectivity index (χ0n) is 62.3. The SMILES string of the molecule is Cc1ccc(C)cc1.Cc1ccc(C)cc1.[2H]c1c(O)c(O)c([2H])c2c1CCC1C2CCC2(C)C(=C)C([2H])([2H])CC12.[2H]c1c([2H])c2c(c(O)c1O)CCC1C2CCC2(C)C(=C)C([2H])([2H])CC12.[2H]c1c([2H])c2c(c(O)c1O)CCC1C2CCC2(C)C(=O)C([2H])([2H])CC12.[3H]S.[3H]S. The van der Waals surface area contributed by atoms with E-state index in [4.69, 9.17) is 18.7 Å². The van der Waals surface area contributed by atoms with Gasteiger partial charge in [0.05, 0.1) is 10.5 Å². The van der Waals surface area contributed by atoms with Gasteiger partial charge in [-0.25, -0.2) is 0 Å². The lowest BCUT2D eigenvalue weighted by Crippen LogP contribution is -2.42. The Morgan fingerprint density at radius 2 is 0.827 bits per heavy atom. The molecular formula is C72H94O7S2. The van der Waals surface area contributed by atoms with E-state index in [0.717, 1.165) is 38.5 Å². The van der Waals surface area contributed by atoms with Gasteiger partial charge in [0, 0.05) is 31.1 Å². The normalized spacial score (nSPS) is 35.4. The monoisotopic (exact) mass is 1150 g/mol. The van der Waals surface area contributed by atoms with Gasteiger partial charge in [-0.05, 0) is 247 Å². The van der Waals surface area contributed by atoms with E-state index in [0.29, 0.717) is 95.9 Å². The van der Waals surface area contributed by atoms with Crippen molar-refractivity contribution in [3.63, 3.8) is 0 Å². The molecule has 6 saturated carbocycles. The van der Waals surface area contributed by atoms with Crippen LogP contribution in [0.3, 0.4) is 0 Å². The number of Topliss-reactive ketones (excluding diaryl/α,β-unsaturated/α-hetero) is 1. The van der Waals surface area contributed by atoms with Crippen LogP contribution in [0, 0.1) is 79.4 Å². The molecule has 0 aromatic heterocycles. The molecule has 5 aromatic carbocycles. The van der Waals surface area contributed by atoms with Crippen molar-refractivity contribution in [2.24, 2.45) is 51.8 Å². The Kier molecular flexibility index (Phi) is 13.7. The van der Waals surface area contributed by atoms with Crippen LogP contribution >= 0.6 is 26.8 Å². The Hall–Kier alpha value is -5.25. The van der Waals surface area contributed by atoms with Crippen molar-refractivity contribution < 1.29 is 51.9 Å². The Labute approximate surface area is 517 Å². The number of ketones is 1. The van der Waals surface area contributed by atoms with Crippen LogP contribution in [-0.2, 0) is 24.1 Å². The van der Waals surface area contributed by atoms with Crippen molar-refractivity contribution in [1.29, 1.82) is 2.25 Å². The van der Waals surface area contributed by atoms with Crippen molar-refractivity contribution in [2.75, 3.05) is 0 Å². The smallest absolute Gasteiger partial charge is 0.160 e. The topological polar surface area (TPSA) is 138 Å². The molecule has 436 valence electrons. The van der Waals surface area contributed by atoms with Crippen LogP contribution in [0.15, 0.2) is 109 Å². The zero-order chi connectivity index (χ0) is 70.9. The summed E-state index contributed by atoms with van der Waals surface area (Å²) in [7, 11) is 0. The Bertz CT molecular complexity index is 3360. The van der Waals surface area contributed by atoms with Crippen LogP contribution in [0.2, 0.25) is 0 Å². The first-order valence-corrected chi connectivity index (χ1v) is 29.0. The van der Waals surface area contributed by atoms with Crippen LogP contribution in [0.1, 0.15) is 207 Å². The molecule has 0 saturated heterocycles. The summed E-state index contributed by atoms with van der Waals surface area (Å²) < 4.78 is 109. The molecule has 6 N–H and O–H groups in total. The second kappa shape index (κ2) is 24.5. The fraction of sp³-hybridized carbons (Fsp3) is 0.514. The molecule has 0 aliphatic heterocycles. The minimum absolute atomic E-state index is 0.0171. The van der Waals surface area contributed by atoms with Gasteiger partial charge in [-0.1, -0.05) is 128 Å². The Morgan fingerprint density at radius 1 is 0.481 bits per heavy atom. The molecular weight excluding hydrogens is 1040 g/mol. The first-order valence-electron chi connectivity index (χ1n) is 35.9. The maximum Gasteiger partial charge on any atom is 0.160 e. The standard InChI is InChI=1S/2C19H24O2.C18H22O3.2C8H10.2H2S/c1-11-3-7-16-14-4-5-15-12(6-8-17(20)18(15)21)13(14)9-10-19(11,16)2;1-11-3-6-16-14-5-4-12-9-17(20)18(21)10-15(12)13(14)7-8-19(11,16)2;1-18-9-8-11-10-4-6-15(19)17(21)13(10)3-2-12(11)14(18)5-7-16(18)20;2*1-7-3-5-8(2)6-4-7;;/h6,8,13-14,16,20-21H,1,3-5,7,9-10H2,2H3;9-10,13-14,16,20-21H,1,3-8H2,2H3;4,6,11-12,14,19,21H,2-3,5,7-9H2,1H3;2*3-6H,1-2H3;2*1H2/i3D2,6D,8D;3D2,9D,10D;4D,6D,7D2;;;;/hT2. The third-order valence-electron chi connectivity index (χ3n) is 21.0. The summed E-state index contributed by atoms with van der Waals surface area (Å²) in [5.41, 5.74) is 9.52. The number of phenols is 6. The number of fused-ring (bicyclic) bond motifs is 15. The largest absolute Gasteiger partial charge is 0.504 e. The molecule has 0 bridgehead atoms.